The number of sulfonamides is 1. The highest BCUT2D eigenvalue weighted by Gasteiger charge is 2.31. The van der Waals surface area contributed by atoms with Gasteiger partial charge in [0.2, 0.25) is 10.0 Å². The number of hydrogen-bond donors (Lipinski definition) is 1. The molecule has 0 aromatic heterocycles. The molecule has 1 aliphatic heterocycles. The number of halogens is 3. The predicted octanol–water partition coefficient (Wildman–Crippen LogP) is 2.44. The van der Waals surface area contributed by atoms with Crippen LogP contribution in [0.5, 0.6) is 0 Å². The van der Waals surface area contributed by atoms with Crippen molar-refractivity contribution < 1.29 is 26.4 Å². The molecule has 2 aromatic carbocycles. The Morgan fingerprint density at radius 2 is 1.63 bits per heavy atom. The highest BCUT2D eigenvalue weighted by atomic mass is 32.2. The molecule has 1 amide bonds. The first-order valence-electron chi connectivity index (χ1n) is 9.41. The molecule has 1 saturated heterocycles. The number of benzene rings is 2. The smallest absolute Gasteiger partial charge is 0.351 e. The molecule has 3 rings (SSSR count). The minimum absolute atomic E-state index is 0.0522. The molecule has 0 spiro atoms. The van der Waals surface area contributed by atoms with Crippen molar-refractivity contribution in [3.05, 3.63) is 65.7 Å². The molecule has 6 nitrogen and oxygen atoms in total. The third kappa shape index (κ3) is 5.38. The van der Waals surface area contributed by atoms with Crippen LogP contribution in [0, 0.1) is 0 Å². The molecule has 30 heavy (non-hydrogen) atoms. The minimum atomic E-state index is -4.50. The summed E-state index contributed by atoms with van der Waals surface area (Å²) in [4.78, 5) is 14.4. The van der Waals surface area contributed by atoms with Crippen LogP contribution in [0.4, 0.5) is 13.2 Å². The molecule has 2 aromatic rings. The predicted molar refractivity (Wildman–Crippen MR) is 105 cm³/mol. The lowest BCUT2D eigenvalue weighted by Crippen LogP contribution is -2.50. The molecule has 10 heteroatoms. The van der Waals surface area contributed by atoms with E-state index in [-0.39, 0.29) is 17.0 Å². The van der Waals surface area contributed by atoms with Gasteiger partial charge in [-0.1, -0.05) is 24.3 Å². The van der Waals surface area contributed by atoms with Crippen LogP contribution in [-0.4, -0.2) is 62.8 Å². The van der Waals surface area contributed by atoms with Gasteiger partial charge in [0.15, 0.2) is 0 Å². The summed E-state index contributed by atoms with van der Waals surface area (Å²) in [5.74, 6) is -0.577. The Hall–Kier alpha value is -2.43. The maximum atomic E-state index is 12.8. The first-order chi connectivity index (χ1) is 14.2. The van der Waals surface area contributed by atoms with Crippen LogP contribution in [0.2, 0.25) is 0 Å². The number of piperazine rings is 1. The molecule has 1 fully saturated rings. The normalized spacial score (nSPS) is 16.4. The Balaban J connectivity index is 1.47. The third-order valence-corrected chi connectivity index (χ3v) is 6.79. The van der Waals surface area contributed by atoms with Crippen LogP contribution in [0.15, 0.2) is 59.5 Å². The number of carbonyl (C=O) groups is 1. The van der Waals surface area contributed by atoms with Gasteiger partial charge >= 0.3 is 6.18 Å². The zero-order chi connectivity index (χ0) is 21.8. The van der Waals surface area contributed by atoms with Gasteiger partial charge in [0.25, 0.3) is 5.91 Å². The Bertz CT molecular complexity index is 974. The van der Waals surface area contributed by atoms with Crippen molar-refractivity contribution in [1.82, 2.24) is 14.5 Å². The second-order valence-electron chi connectivity index (χ2n) is 6.89. The molecule has 0 saturated carbocycles. The molecule has 1 N–H and O–H groups in total. The molecule has 162 valence electrons. The fraction of sp³-hybridized carbons (Fsp3) is 0.350. The van der Waals surface area contributed by atoms with E-state index < -0.39 is 27.7 Å². The lowest BCUT2D eigenvalue weighted by Gasteiger charge is -2.33. The monoisotopic (exact) mass is 441 g/mol. The van der Waals surface area contributed by atoms with E-state index in [0.717, 1.165) is 12.1 Å². The van der Waals surface area contributed by atoms with E-state index >= 15 is 0 Å². The van der Waals surface area contributed by atoms with Crippen LogP contribution >= 0.6 is 0 Å². The van der Waals surface area contributed by atoms with Crippen LogP contribution in [0.3, 0.4) is 0 Å². The second kappa shape index (κ2) is 9.15. The highest BCUT2D eigenvalue weighted by Crippen LogP contribution is 2.29. The van der Waals surface area contributed by atoms with E-state index in [1.165, 1.54) is 16.4 Å². The maximum Gasteiger partial charge on any atom is 0.416 e. The molecular formula is C20H22F3N3O3S. The molecule has 0 radical (unpaired) electrons. The average Bonchev–Trinajstić information content (AvgIpc) is 2.74. The summed E-state index contributed by atoms with van der Waals surface area (Å²) < 4.78 is 65.0. The summed E-state index contributed by atoms with van der Waals surface area (Å²) in [6.07, 6.45) is -4.50. The summed E-state index contributed by atoms with van der Waals surface area (Å²) in [5.41, 5.74) is -0.922. The van der Waals surface area contributed by atoms with Crippen molar-refractivity contribution in [2.75, 3.05) is 39.3 Å². The SMILES string of the molecule is O=C(NCCN1CCN(S(=O)(=O)c2ccccc2)CC1)c1cccc(C(F)(F)F)c1. The number of nitrogens with zero attached hydrogens (tertiary/aromatic N) is 2. The standard InChI is InChI=1S/C20H22F3N3O3S/c21-20(22,23)17-6-4-5-16(15-17)19(27)24-9-10-25-11-13-26(14-12-25)30(28,29)18-7-2-1-3-8-18/h1-8,15H,9-14H2,(H,24,27). The molecule has 0 bridgehead atoms. The molecule has 0 atom stereocenters. The first kappa shape index (κ1) is 22.3. The van der Waals surface area contributed by atoms with E-state index in [4.69, 9.17) is 0 Å². The van der Waals surface area contributed by atoms with E-state index in [2.05, 4.69) is 5.32 Å². The van der Waals surface area contributed by atoms with Gasteiger partial charge in [-0.25, -0.2) is 8.42 Å². The van der Waals surface area contributed by atoms with Crippen molar-refractivity contribution in [3.63, 3.8) is 0 Å². The van der Waals surface area contributed by atoms with Gasteiger partial charge in [-0.15, -0.1) is 0 Å². The lowest BCUT2D eigenvalue weighted by molar-refractivity contribution is -0.137. The van der Waals surface area contributed by atoms with Crippen molar-refractivity contribution in [1.29, 1.82) is 0 Å². The van der Waals surface area contributed by atoms with E-state index in [0.29, 0.717) is 32.7 Å². The second-order valence-corrected chi connectivity index (χ2v) is 8.83. The van der Waals surface area contributed by atoms with Gasteiger partial charge in [0, 0.05) is 44.8 Å². The summed E-state index contributed by atoms with van der Waals surface area (Å²) in [7, 11) is -3.53. The highest BCUT2D eigenvalue weighted by molar-refractivity contribution is 7.89. The molecular weight excluding hydrogens is 419 g/mol. The first-order valence-corrected chi connectivity index (χ1v) is 10.8. The number of carbonyl (C=O) groups excluding carboxylic acids is 1. The molecule has 0 aliphatic carbocycles. The largest absolute Gasteiger partial charge is 0.416 e. The fourth-order valence-electron chi connectivity index (χ4n) is 3.20. The van der Waals surface area contributed by atoms with Crippen molar-refractivity contribution >= 4 is 15.9 Å². The average molecular weight is 441 g/mol. The summed E-state index contributed by atoms with van der Waals surface area (Å²) in [6.45, 7) is 2.40. The van der Waals surface area contributed by atoms with Gasteiger partial charge in [-0.05, 0) is 30.3 Å². The number of amides is 1. The van der Waals surface area contributed by atoms with Gasteiger partial charge in [-0.3, -0.25) is 9.69 Å². The number of hydrogen-bond acceptors (Lipinski definition) is 4. The quantitative estimate of drug-likeness (QED) is 0.748. The van der Waals surface area contributed by atoms with E-state index in [9.17, 15) is 26.4 Å². The maximum absolute atomic E-state index is 12.8. The molecule has 1 aliphatic rings. The zero-order valence-electron chi connectivity index (χ0n) is 16.1. The van der Waals surface area contributed by atoms with Crippen LogP contribution < -0.4 is 5.32 Å². The van der Waals surface area contributed by atoms with Crippen LogP contribution in [0.1, 0.15) is 15.9 Å². The van der Waals surface area contributed by atoms with Gasteiger partial charge < -0.3 is 5.32 Å². The van der Waals surface area contributed by atoms with Crippen LogP contribution in [0.25, 0.3) is 0 Å². The fourth-order valence-corrected chi connectivity index (χ4v) is 4.64. The Morgan fingerprint density at radius 3 is 2.27 bits per heavy atom. The zero-order valence-corrected chi connectivity index (χ0v) is 16.9. The van der Waals surface area contributed by atoms with Crippen molar-refractivity contribution in [3.8, 4) is 0 Å². The lowest BCUT2D eigenvalue weighted by atomic mass is 10.1. The number of alkyl halides is 3. The Morgan fingerprint density at radius 1 is 0.967 bits per heavy atom. The van der Waals surface area contributed by atoms with Gasteiger partial charge in [-0.2, -0.15) is 17.5 Å². The van der Waals surface area contributed by atoms with E-state index in [1.807, 2.05) is 4.90 Å². The number of nitrogens with one attached hydrogen (secondary N) is 1. The molecule has 0 unspecified atom stereocenters. The summed E-state index contributed by atoms with van der Waals surface area (Å²) in [5, 5.41) is 2.61. The topological polar surface area (TPSA) is 69.7 Å². The van der Waals surface area contributed by atoms with Gasteiger partial charge in [0.1, 0.15) is 0 Å². The molecule has 1 heterocycles. The Kier molecular flexibility index (Phi) is 6.79. The summed E-state index contributed by atoms with van der Waals surface area (Å²) in [6, 6.07) is 12.5. The van der Waals surface area contributed by atoms with Crippen molar-refractivity contribution in [2.24, 2.45) is 0 Å². The Labute approximate surface area is 173 Å². The minimum Gasteiger partial charge on any atom is -0.351 e. The third-order valence-electron chi connectivity index (χ3n) is 4.88. The summed E-state index contributed by atoms with van der Waals surface area (Å²) >= 11 is 0. The van der Waals surface area contributed by atoms with Gasteiger partial charge in [0.05, 0.1) is 10.5 Å². The van der Waals surface area contributed by atoms with Crippen molar-refractivity contribution in [2.45, 2.75) is 11.1 Å². The number of rotatable bonds is 6. The van der Waals surface area contributed by atoms with Crippen LogP contribution in [-0.2, 0) is 16.2 Å². The van der Waals surface area contributed by atoms with E-state index in [1.54, 1.807) is 30.3 Å².